The van der Waals surface area contributed by atoms with Gasteiger partial charge in [0.25, 0.3) is 0 Å². The molecule has 2 N–H and O–H groups in total. The summed E-state index contributed by atoms with van der Waals surface area (Å²) >= 11 is 6.08. The molecule has 3 rings (SSSR count). The zero-order valence-electron chi connectivity index (χ0n) is 8.79. The van der Waals surface area contributed by atoms with Crippen molar-refractivity contribution in [3.05, 3.63) is 23.2 Å². The van der Waals surface area contributed by atoms with Crippen LogP contribution in [-0.4, -0.2) is 11.9 Å². The average Bonchev–Trinajstić information content (AvgIpc) is 2.66. The molecule has 0 spiro atoms. The molecule has 1 aliphatic heterocycles. The summed E-state index contributed by atoms with van der Waals surface area (Å²) in [5.74, 6) is 0.185. The van der Waals surface area contributed by atoms with E-state index in [-0.39, 0.29) is 17.9 Å². The number of hydrogen-bond acceptors (Lipinski definition) is 2. The van der Waals surface area contributed by atoms with Gasteiger partial charge in [-0.15, -0.1) is 0 Å². The van der Waals surface area contributed by atoms with E-state index in [1.165, 1.54) is 0 Å². The maximum absolute atomic E-state index is 12.0. The van der Waals surface area contributed by atoms with Gasteiger partial charge in [-0.3, -0.25) is 4.79 Å². The molecule has 3 nitrogen and oxygen atoms in total. The SMILES string of the molecule is O=C1Nc2c(Cl)cccc2NC2CCCC12. The number of para-hydroxylation sites is 1. The summed E-state index contributed by atoms with van der Waals surface area (Å²) in [5.41, 5.74) is 1.67. The number of carbonyl (C=O) groups excluding carboxylic acids is 1. The van der Waals surface area contributed by atoms with Crippen molar-refractivity contribution in [2.75, 3.05) is 10.6 Å². The normalized spacial score (nSPS) is 27.4. The van der Waals surface area contributed by atoms with Crippen LogP contribution in [0.1, 0.15) is 19.3 Å². The predicted octanol–water partition coefficient (Wildman–Crippen LogP) is 2.87. The Labute approximate surface area is 99.2 Å². The van der Waals surface area contributed by atoms with Crippen molar-refractivity contribution in [3.63, 3.8) is 0 Å². The molecule has 2 aliphatic rings. The summed E-state index contributed by atoms with van der Waals surface area (Å²) in [6.45, 7) is 0. The fourth-order valence-electron chi connectivity index (χ4n) is 2.63. The summed E-state index contributed by atoms with van der Waals surface area (Å²) in [6, 6.07) is 5.92. The number of anilines is 2. The highest BCUT2D eigenvalue weighted by molar-refractivity contribution is 6.34. The Balaban J connectivity index is 2.05. The molecule has 16 heavy (non-hydrogen) atoms. The smallest absolute Gasteiger partial charge is 0.229 e. The Hall–Kier alpha value is -1.22. The Bertz CT molecular complexity index is 447. The molecule has 2 atom stereocenters. The van der Waals surface area contributed by atoms with Crippen molar-refractivity contribution >= 4 is 28.9 Å². The zero-order chi connectivity index (χ0) is 11.1. The van der Waals surface area contributed by atoms with Crippen LogP contribution in [0.15, 0.2) is 18.2 Å². The highest BCUT2D eigenvalue weighted by Gasteiger charge is 2.36. The molecular weight excluding hydrogens is 224 g/mol. The van der Waals surface area contributed by atoms with Gasteiger partial charge in [0.1, 0.15) is 0 Å². The Kier molecular flexibility index (Phi) is 2.28. The molecule has 0 aromatic heterocycles. The van der Waals surface area contributed by atoms with E-state index in [0.717, 1.165) is 30.6 Å². The maximum Gasteiger partial charge on any atom is 0.229 e. The van der Waals surface area contributed by atoms with Crippen LogP contribution >= 0.6 is 11.6 Å². The first-order valence-corrected chi connectivity index (χ1v) is 5.99. The summed E-state index contributed by atoms with van der Waals surface area (Å²) < 4.78 is 0. The van der Waals surface area contributed by atoms with Crippen LogP contribution in [-0.2, 0) is 4.79 Å². The summed E-state index contributed by atoms with van der Waals surface area (Å²) in [4.78, 5) is 12.0. The minimum atomic E-state index is 0.0865. The minimum Gasteiger partial charge on any atom is -0.380 e. The lowest BCUT2D eigenvalue weighted by molar-refractivity contribution is -0.119. The van der Waals surface area contributed by atoms with Crippen molar-refractivity contribution in [1.29, 1.82) is 0 Å². The number of fused-ring (bicyclic) bond motifs is 2. The predicted molar refractivity (Wildman–Crippen MR) is 64.8 cm³/mol. The quantitative estimate of drug-likeness (QED) is 0.727. The molecule has 1 fully saturated rings. The first-order chi connectivity index (χ1) is 7.75. The lowest BCUT2D eigenvalue weighted by Crippen LogP contribution is -2.30. The van der Waals surface area contributed by atoms with Gasteiger partial charge in [0.05, 0.1) is 22.3 Å². The number of halogens is 1. The number of rotatable bonds is 0. The average molecular weight is 237 g/mol. The maximum atomic E-state index is 12.0. The van der Waals surface area contributed by atoms with Crippen molar-refractivity contribution in [3.8, 4) is 0 Å². The molecule has 1 heterocycles. The minimum absolute atomic E-state index is 0.0865. The Morgan fingerprint density at radius 2 is 2.19 bits per heavy atom. The molecule has 0 bridgehead atoms. The Morgan fingerprint density at radius 3 is 3.06 bits per heavy atom. The van der Waals surface area contributed by atoms with Gasteiger partial charge < -0.3 is 10.6 Å². The van der Waals surface area contributed by atoms with Gasteiger partial charge in [-0.25, -0.2) is 0 Å². The molecule has 0 radical (unpaired) electrons. The van der Waals surface area contributed by atoms with E-state index in [4.69, 9.17) is 11.6 Å². The number of amides is 1. The van der Waals surface area contributed by atoms with E-state index in [9.17, 15) is 4.79 Å². The van der Waals surface area contributed by atoms with E-state index >= 15 is 0 Å². The Morgan fingerprint density at radius 1 is 1.31 bits per heavy atom. The summed E-state index contributed by atoms with van der Waals surface area (Å²) in [7, 11) is 0. The van der Waals surface area contributed by atoms with E-state index in [1.54, 1.807) is 6.07 Å². The highest BCUT2D eigenvalue weighted by Crippen LogP contribution is 2.38. The van der Waals surface area contributed by atoms with E-state index in [0.29, 0.717) is 5.02 Å². The topological polar surface area (TPSA) is 41.1 Å². The van der Waals surface area contributed by atoms with Crippen LogP contribution in [0.2, 0.25) is 5.02 Å². The van der Waals surface area contributed by atoms with Crippen molar-refractivity contribution in [2.24, 2.45) is 5.92 Å². The van der Waals surface area contributed by atoms with Gasteiger partial charge in [0, 0.05) is 6.04 Å². The number of carbonyl (C=O) groups is 1. The van der Waals surface area contributed by atoms with Gasteiger partial charge in [0.15, 0.2) is 0 Å². The number of nitrogens with one attached hydrogen (secondary N) is 2. The third-order valence-electron chi connectivity index (χ3n) is 3.46. The second kappa shape index (κ2) is 3.67. The molecule has 1 amide bonds. The molecule has 4 heteroatoms. The number of benzene rings is 1. The lowest BCUT2D eigenvalue weighted by atomic mass is 10.0. The van der Waals surface area contributed by atoms with Gasteiger partial charge in [-0.2, -0.15) is 0 Å². The third-order valence-corrected chi connectivity index (χ3v) is 3.77. The lowest BCUT2D eigenvalue weighted by Gasteiger charge is -2.16. The van der Waals surface area contributed by atoms with Gasteiger partial charge >= 0.3 is 0 Å². The van der Waals surface area contributed by atoms with Crippen LogP contribution in [0.5, 0.6) is 0 Å². The van der Waals surface area contributed by atoms with Crippen molar-refractivity contribution in [1.82, 2.24) is 0 Å². The summed E-state index contributed by atoms with van der Waals surface area (Å²) in [6.07, 6.45) is 3.14. The molecule has 1 aromatic rings. The molecule has 2 unspecified atom stereocenters. The zero-order valence-corrected chi connectivity index (χ0v) is 9.55. The second-order valence-electron chi connectivity index (χ2n) is 4.44. The van der Waals surface area contributed by atoms with E-state index < -0.39 is 0 Å². The second-order valence-corrected chi connectivity index (χ2v) is 4.85. The van der Waals surface area contributed by atoms with Crippen LogP contribution in [0, 0.1) is 5.92 Å². The largest absolute Gasteiger partial charge is 0.380 e. The van der Waals surface area contributed by atoms with Gasteiger partial charge in [-0.1, -0.05) is 24.1 Å². The van der Waals surface area contributed by atoms with Crippen LogP contribution < -0.4 is 10.6 Å². The van der Waals surface area contributed by atoms with Crippen LogP contribution in [0.25, 0.3) is 0 Å². The summed E-state index contributed by atoms with van der Waals surface area (Å²) in [5, 5.41) is 6.95. The van der Waals surface area contributed by atoms with E-state index in [1.807, 2.05) is 12.1 Å². The molecule has 84 valence electrons. The van der Waals surface area contributed by atoms with Crippen LogP contribution in [0.3, 0.4) is 0 Å². The molecule has 1 saturated carbocycles. The fourth-order valence-corrected chi connectivity index (χ4v) is 2.86. The molecule has 1 aliphatic carbocycles. The first-order valence-electron chi connectivity index (χ1n) is 5.61. The fraction of sp³-hybridized carbons (Fsp3) is 0.417. The highest BCUT2D eigenvalue weighted by atomic mass is 35.5. The standard InChI is InChI=1S/C12H13ClN2O/c13-8-4-2-6-10-11(8)15-12(16)7-3-1-5-9(7)14-10/h2,4,6-7,9,14H,1,3,5H2,(H,15,16). The first kappa shape index (κ1) is 9.97. The molecule has 0 saturated heterocycles. The number of hydrogen-bond donors (Lipinski definition) is 2. The third kappa shape index (κ3) is 1.47. The van der Waals surface area contributed by atoms with Crippen molar-refractivity contribution < 1.29 is 4.79 Å². The van der Waals surface area contributed by atoms with E-state index in [2.05, 4.69) is 10.6 Å². The van der Waals surface area contributed by atoms with Gasteiger partial charge in [0.2, 0.25) is 5.91 Å². The van der Waals surface area contributed by atoms with Crippen LogP contribution in [0.4, 0.5) is 11.4 Å². The molecule has 1 aromatic carbocycles. The molecular formula is C12H13ClN2O. The monoisotopic (exact) mass is 236 g/mol. The van der Waals surface area contributed by atoms with Crippen molar-refractivity contribution in [2.45, 2.75) is 25.3 Å². The van der Waals surface area contributed by atoms with Gasteiger partial charge in [-0.05, 0) is 25.0 Å².